The molecule has 1 heterocycles. The molecule has 3 rings (SSSR count). The molecular formula is C21H22N2O3. The minimum absolute atomic E-state index is 0.127. The highest BCUT2D eigenvalue weighted by Gasteiger charge is 2.14. The Bertz CT molecular complexity index is 900. The molecule has 0 bridgehead atoms. The van der Waals surface area contributed by atoms with Crippen LogP contribution in [0.3, 0.4) is 0 Å². The number of ether oxygens (including phenoxy) is 1. The van der Waals surface area contributed by atoms with E-state index < -0.39 is 0 Å². The van der Waals surface area contributed by atoms with Crippen LogP contribution < -0.4 is 5.32 Å². The number of para-hydroxylation sites is 1. The molecule has 0 fully saturated rings. The van der Waals surface area contributed by atoms with Gasteiger partial charge in [0.1, 0.15) is 0 Å². The zero-order valence-corrected chi connectivity index (χ0v) is 14.8. The SMILES string of the molecule is COC(=O)CCCNC(=O)c1cn(Cc2ccccc2)c2ccccc12. The number of aromatic nitrogens is 1. The van der Waals surface area contributed by atoms with E-state index >= 15 is 0 Å². The van der Waals surface area contributed by atoms with Gasteiger partial charge >= 0.3 is 5.97 Å². The van der Waals surface area contributed by atoms with E-state index in [9.17, 15) is 9.59 Å². The maximum absolute atomic E-state index is 12.6. The van der Waals surface area contributed by atoms with E-state index in [0.29, 0.717) is 31.5 Å². The molecule has 0 aliphatic rings. The molecule has 1 N–H and O–H groups in total. The van der Waals surface area contributed by atoms with E-state index in [4.69, 9.17) is 0 Å². The van der Waals surface area contributed by atoms with Crippen molar-refractivity contribution in [2.75, 3.05) is 13.7 Å². The monoisotopic (exact) mass is 350 g/mol. The van der Waals surface area contributed by atoms with E-state index in [1.165, 1.54) is 12.7 Å². The summed E-state index contributed by atoms with van der Waals surface area (Å²) in [5.41, 5.74) is 2.85. The lowest BCUT2D eigenvalue weighted by Crippen LogP contribution is -2.24. The molecule has 26 heavy (non-hydrogen) atoms. The van der Waals surface area contributed by atoms with Crippen molar-refractivity contribution in [3.05, 3.63) is 71.9 Å². The summed E-state index contributed by atoms with van der Waals surface area (Å²) < 4.78 is 6.70. The fourth-order valence-electron chi connectivity index (χ4n) is 2.97. The van der Waals surface area contributed by atoms with Crippen LogP contribution in [-0.2, 0) is 16.1 Å². The van der Waals surface area contributed by atoms with Crippen molar-refractivity contribution in [3.63, 3.8) is 0 Å². The van der Waals surface area contributed by atoms with Gasteiger partial charge in [0.25, 0.3) is 5.91 Å². The second-order valence-corrected chi connectivity index (χ2v) is 6.11. The van der Waals surface area contributed by atoms with Gasteiger partial charge in [0.15, 0.2) is 0 Å². The van der Waals surface area contributed by atoms with Crippen LogP contribution >= 0.6 is 0 Å². The third-order valence-electron chi connectivity index (χ3n) is 4.30. The van der Waals surface area contributed by atoms with E-state index in [2.05, 4.69) is 26.8 Å². The maximum atomic E-state index is 12.6. The van der Waals surface area contributed by atoms with Crippen molar-refractivity contribution >= 4 is 22.8 Å². The quantitative estimate of drug-likeness (QED) is 0.525. The van der Waals surface area contributed by atoms with Gasteiger partial charge in [-0.25, -0.2) is 0 Å². The number of carbonyl (C=O) groups excluding carboxylic acids is 2. The number of carbonyl (C=O) groups is 2. The molecular weight excluding hydrogens is 328 g/mol. The van der Waals surface area contributed by atoms with Crippen LogP contribution in [0.1, 0.15) is 28.8 Å². The van der Waals surface area contributed by atoms with Gasteiger partial charge < -0.3 is 14.6 Å². The summed E-state index contributed by atoms with van der Waals surface area (Å²) in [6.45, 7) is 1.14. The number of amides is 1. The van der Waals surface area contributed by atoms with E-state index in [1.54, 1.807) is 0 Å². The number of methoxy groups -OCH3 is 1. The molecule has 2 aromatic carbocycles. The molecule has 134 valence electrons. The Morgan fingerprint density at radius 3 is 2.54 bits per heavy atom. The lowest BCUT2D eigenvalue weighted by molar-refractivity contribution is -0.140. The van der Waals surface area contributed by atoms with E-state index in [-0.39, 0.29) is 11.9 Å². The van der Waals surface area contributed by atoms with Crippen molar-refractivity contribution < 1.29 is 14.3 Å². The van der Waals surface area contributed by atoms with Gasteiger partial charge in [0.05, 0.1) is 12.7 Å². The Morgan fingerprint density at radius 2 is 1.77 bits per heavy atom. The highest BCUT2D eigenvalue weighted by Crippen LogP contribution is 2.22. The molecule has 0 radical (unpaired) electrons. The topological polar surface area (TPSA) is 60.3 Å². The van der Waals surface area contributed by atoms with Crippen molar-refractivity contribution in [1.82, 2.24) is 9.88 Å². The Labute approximate surface area is 152 Å². The molecule has 0 spiro atoms. The minimum atomic E-state index is -0.265. The number of nitrogens with one attached hydrogen (secondary N) is 1. The molecule has 3 aromatic rings. The summed E-state index contributed by atoms with van der Waals surface area (Å²) in [6, 6.07) is 18.0. The van der Waals surface area contributed by atoms with Crippen molar-refractivity contribution in [3.8, 4) is 0 Å². The van der Waals surface area contributed by atoms with E-state index in [0.717, 1.165) is 10.9 Å². The van der Waals surface area contributed by atoms with Gasteiger partial charge in [-0.1, -0.05) is 48.5 Å². The van der Waals surface area contributed by atoms with Crippen molar-refractivity contribution in [1.29, 1.82) is 0 Å². The number of esters is 1. The number of rotatable bonds is 7. The predicted octanol–water partition coefficient (Wildman–Crippen LogP) is 3.37. The summed E-state index contributed by atoms with van der Waals surface area (Å²) in [6.07, 6.45) is 2.75. The summed E-state index contributed by atoms with van der Waals surface area (Å²) >= 11 is 0. The van der Waals surface area contributed by atoms with Crippen LogP contribution in [0.2, 0.25) is 0 Å². The van der Waals surface area contributed by atoms with Gasteiger partial charge in [-0.2, -0.15) is 0 Å². The second-order valence-electron chi connectivity index (χ2n) is 6.11. The zero-order valence-electron chi connectivity index (χ0n) is 14.8. The molecule has 0 atom stereocenters. The van der Waals surface area contributed by atoms with E-state index in [1.807, 2.05) is 48.7 Å². The summed E-state index contributed by atoms with van der Waals surface area (Å²) in [4.78, 5) is 23.7. The standard InChI is InChI=1S/C21H22N2O3/c1-26-20(24)12-7-13-22-21(25)18-15-23(14-16-8-3-2-4-9-16)19-11-6-5-10-17(18)19/h2-6,8-11,15H,7,12-14H2,1H3,(H,22,25). The van der Waals surface area contributed by atoms with Crippen LogP contribution in [0.25, 0.3) is 10.9 Å². The zero-order chi connectivity index (χ0) is 18.4. The van der Waals surface area contributed by atoms with Gasteiger partial charge in [-0.15, -0.1) is 0 Å². The summed E-state index contributed by atoms with van der Waals surface area (Å²) in [5, 5.41) is 3.81. The molecule has 0 unspecified atom stereocenters. The fourth-order valence-corrected chi connectivity index (χ4v) is 2.97. The number of benzene rings is 2. The van der Waals surface area contributed by atoms with Crippen LogP contribution in [-0.4, -0.2) is 30.1 Å². The average molecular weight is 350 g/mol. The third-order valence-corrected chi connectivity index (χ3v) is 4.30. The smallest absolute Gasteiger partial charge is 0.305 e. The van der Waals surface area contributed by atoms with Crippen LogP contribution in [0, 0.1) is 0 Å². The second kappa shape index (κ2) is 8.34. The Hall–Kier alpha value is -3.08. The van der Waals surface area contributed by atoms with Crippen molar-refractivity contribution in [2.24, 2.45) is 0 Å². The maximum Gasteiger partial charge on any atom is 0.305 e. The molecule has 5 heteroatoms. The molecule has 5 nitrogen and oxygen atoms in total. The molecule has 0 saturated heterocycles. The first-order chi connectivity index (χ1) is 12.7. The summed E-state index contributed by atoms with van der Waals surface area (Å²) in [5.74, 6) is -0.392. The van der Waals surface area contributed by atoms with Gasteiger partial charge in [0.2, 0.25) is 0 Å². The van der Waals surface area contributed by atoms with Crippen molar-refractivity contribution in [2.45, 2.75) is 19.4 Å². The van der Waals surface area contributed by atoms with Gasteiger partial charge in [-0.3, -0.25) is 9.59 Å². The summed E-state index contributed by atoms with van der Waals surface area (Å²) in [7, 11) is 1.36. The number of hydrogen-bond acceptors (Lipinski definition) is 3. The molecule has 0 saturated carbocycles. The third kappa shape index (κ3) is 4.11. The highest BCUT2D eigenvalue weighted by atomic mass is 16.5. The first-order valence-corrected chi connectivity index (χ1v) is 8.66. The Balaban J connectivity index is 1.76. The normalized spacial score (nSPS) is 10.7. The van der Waals surface area contributed by atoms with Crippen LogP contribution in [0.5, 0.6) is 0 Å². The Kier molecular flexibility index (Phi) is 5.69. The molecule has 1 amide bonds. The minimum Gasteiger partial charge on any atom is -0.469 e. The van der Waals surface area contributed by atoms with Gasteiger partial charge in [0, 0.05) is 36.6 Å². The molecule has 0 aliphatic heterocycles. The fraction of sp³-hybridized carbons (Fsp3) is 0.238. The number of nitrogens with zero attached hydrogens (tertiary/aromatic N) is 1. The van der Waals surface area contributed by atoms with Crippen LogP contribution in [0.4, 0.5) is 0 Å². The lowest BCUT2D eigenvalue weighted by Gasteiger charge is -2.05. The molecule has 0 aliphatic carbocycles. The number of fused-ring (bicyclic) bond motifs is 1. The first-order valence-electron chi connectivity index (χ1n) is 8.66. The lowest BCUT2D eigenvalue weighted by atomic mass is 10.1. The predicted molar refractivity (Wildman–Crippen MR) is 101 cm³/mol. The average Bonchev–Trinajstić information content (AvgIpc) is 3.04. The van der Waals surface area contributed by atoms with Gasteiger partial charge in [-0.05, 0) is 18.1 Å². The Morgan fingerprint density at radius 1 is 1.04 bits per heavy atom. The van der Waals surface area contributed by atoms with Crippen LogP contribution in [0.15, 0.2) is 60.8 Å². The first kappa shape index (κ1) is 17.7. The molecule has 1 aromatic heterocycles. The number of hydrogen-bond donors (Lipinski definition) is 1. The largest absolute Gasteiger partial charge is 0.469 e. The highest BCUT2D eigenvalue weighted by molar-refractivity contribution is 6.07.